The number of carbonyl (C=O) groups is 2. The van der Waals surface area contributed by atoms with Gasteiger partial charge >= 0.3 is 18.9 Å². The monoisotopic (exact) mass is 804 g/mol. The SMILES string of the molecule is COC(=O)C1(C(=O)OC)Cc2c(C)c(/C=C/c3ccccc3)c(B3N(Cc4ccccc4)c4cccc5cccc(c45)N3P(c3ccccc3)c3ccccc3)c(C)c2C1. The van der Waals surface area contributed by atoms with Crippen LogP contribution >= 0.6 is 8.07 Å². The van der Waals surface area contributed by atoms with Crippen LogP contribution in [0.1, 0.15) is 38.9 Å². The van der Waals surface area contributed by atoms with Gasteiger partial charge < -0.3 is 18.9 Å². The van der Waals surface area contributed by atoms with Crippen LogP contribution in [0, 0.1) is 19.3 Å². The van der Waals surface area contributed by atoms with E-state index in [9.17, 15) is 9.59 Å². The largest absolute Gasteiger partial charge is 0.468 e. The van der Waals surface area contributed by atoms with Crippen molar-refractivity contribution in [1.29, 1.82) is 0 Å². The smallest absolute Gasteiger partial charge is 0.416 e. The number of nitrogens with zero attached hydrogens (tertiary/aromatic N) is 2. The fourth-order valence-electron chi connectivity index (χ4n) is 9.49. The summed E-state index contributed by atoms with van der Waals surface area (Å²) < 4.78 is 13.5. The lowest BCUT2D eigenvalue weighted by Crippen LogP contribution is -2.63. The average molecular weight is 805 g/mol. The molecule has 0 saturated carbocycles. The van der Waals surface area contributed by atoms with Gasteiger partial charge in [0.15, 0.2) is 5.41 Å². The highest BCUT2D eigenvalue weighted by Crippen LogP contribution is 2.52. The average Bonchev–Trinajstić information content (AvgIpc) is 3.73. The Labute approximate surface area is 354 Å². The van der Waals surface area contributed by atoms with Crippen LogP contribution in [0.25, 0.3) is 22.9 Å². The minimum absolute atomic E-state index is 0.188. The Hall–Kier alpha value is -6.43. The van der Waals surface area contributed by atoms with E-state index < -0.39 is 25.4 Å². The third-order valence-electron chi connectivity index (χ3n) is 12.3. The molecule has 9 rings (SSSR count). The number of esters is 2. The van der Waals surface area contributed by atoms with E-state index in [2.05, 4.69) is 187 Å². The summed E-state index contributed by atoms with van der Waals surface area (Å²) >= 11 is 0. The molecule has 2 aliphatic rings. The molecule has 0 amide bonds. The highest BCUT2D eigenvalue weighted by atomic mass is 31.1. The molecular formula is C52H46BN2O4P. The van der Waals surface area contributed by atoms with Crippen molar-refractivity contribution in [1.82, 2.24) is 0 Å². The van der Waals surface area contributed by atoms with Crippen LogP contribution in [0.4, 0.5) is 11.4 Å². The molecule has 0 aromatic heterocycles. The first-order chi connectivity index (χ1) is 29.3. The quantitative estimate of drug-likeness (QED) is 0.0452. The number of hydrogen-bond donors (Lipinski definition) is 0. The summed E-state index contributed by atoms with van der Waals surface area (Å²) in [5.74, 6) is -1.15. The Balaban J connectivity index is 1.40. The summed E-state index contributed by atoms with van der Waals surface area (Å²) in [7, 11) is 1.50. The lowest BCUT2D eigenvalue weighted by Gasteiger charge is -2.49. The molecule has 8 heteroatoms. The molecule has 1 heterocycles. The van der Waals surface area contributed by atoms with Gasteiger partial charge in [0.25, 0.3) is 0 Å². The zero-order valence-corrected chi connectivity index (χ0v) is 35.2. The van der Waals surface area contributed by atoms with E-state index in [-0.39, 0.29) is 19.8 Å². The molecule has 1 aliphatic heterocycles. The fraction of sp³-hybridized carbons (Fsp3) is 0.154. The molecule has 6 nitrogen and oxygen atoms in total. The number of anilines is 2. The van der Waals surface area contributed by atoms with Crippen LogP contribution < -0.4 is 25.5 Å². The second-order valence-electron chi connectivity index (χ2n) is 15.7. The van der Waals surface area contributed by atoms with E-state index in [1.165, 1.54) is 41.2 Å². The molecule has 0 saturated heterocycles. The first-order valence-corrected chi connectivity index (χ1v) is 21.7. The van der Waals surface area contributed by atoms with E-state index in [4.69, 9.17) is 9.47 Å². The Morgan fingerprint density at radius 1 is 0.633 bits per heavy atom. The van der Waals surface area contributed by atoms with Crippen molar-refractivity contribution in [3.05, 3.63) is 197 Å². The third-order valence-corrected chi connectivity index (χ3v) is 14.8. The number of ether oxygens (including phenoxy) is 2. The summed E-state index contributed by atoms with van der Waals surface area (Å²) in [5, 5.41) is 4.84. The minimum atomic E-state index is -1.49. The number of hydrogen-bond acceptors (Lipinski definition) is 6. The molecule has 0 atom stereocenters. The van der Waals surface area contributed by atoms with Crippen LogP contribution in [-0.4, -0.2) is 33.1 Å². The van der Waals surface area contributed by atoms with Crippen molar-refractivity contribution in [2.45, 2.75) is 33.2 Å². The summed E-state index contributed by atoms with van der Waals surface area (Å²) in [4.78, 5) is 30.2. The van der Waals surface area contributed by atoms with Gasteiger partial charge in [0.05, 0.1) is 14.2 Å². The summed E-state index contributed by atoms with van der Waals surface area (Å²) in [6.45, 7) is 4.62. The van der Waals surface area contributed by atoms with Gasteiger partial charge in [-0.25, -0.2) is 0 Å². The molecular weight excluding hydrogens is 758 g/mol. The fourth-order valence-corrected chi connectivity index (χ4v) is 12.0. The number of rotatable bonds is 10. The zero-order chi connectivity index (χ0) is 41.4. The highest BCUT2D eigenvalue weighted by molar-refractivity contribution is 7.76. The van der Waals surface area contributed by atoms with E-state index in [0.717, 1.165) is 50.2 Å². The number of fused-ring (bicyclic) bond motifs is 1. The van der Waals surface area contributed by atoms with Crippen molar-refractivity contribution in [3.8, 4) is 0 Å². The lowest BCUT2D eigenvalue weighted by atomic mass is 9.58. The Bertz CT molecular complexity index is 2680. The molecule has 0 N–H and O–H groups in total. The molecule has 0 bridgehead atoms. The Morgan fingerprint density at radius 2 is 1.15 bits per heavy atom. The first-order valence-electron chi connectivity index (χ1n) is 20.4. The van der Waals surface area contributed by atoms with Gasteiger partial charge in [0.2, 0.25) is 0 Å². The van der Waals surface area contributed by atoms with Crippen LogP contribution in [0.5, 0.6) is 0 Å². The summed E-state index contributed by atoms with van der Waals surface area (Å²) in [5.41, 5.74) is 9.35. The highest BCUT2D eigenvalue weighted by Gasteiger charge is 2.55. The maximum absolute atomic E-state index is 13.8. The number of benzene rings is 7. The Kier molecular flexibility index (Phi) is 10.6. The van der Waals surface area contributed by atoms with Gasteiger partial charge in [-0.1, -0.05) is 158 Å². The minimum Gasteiger partial charge on any atom is -0.468 e. The van der Waals surface area contributed by atoms with E-state index in [1.807, 2.05) is 6.07 Å². The molecule has 1 aliphatic carbocycles. The van der Waals surface area contributed by atoms with E-state index in [0.29, 0.717) is 6.54 Å². The lowest BCUT2D eigenvalue weighted by molar-refractivity contribution is -0.168. The van der Waals surface area contributed by atoms with Gasteiger partial charge in [0, 0.05) is 44.2 Å². The van der Waals surface area contributed by atoms with Gasteiger partial charge in [-0.15, -0.1) is 0 Å². The second-order valence-corrected chi connectivity index (χ2v) is 17.8. The van der Waals surface area contributed by atoms with Crippen LogP contribution in [0.2, 0.25) is 0 Å². The van der Waals surface area contributed by atoms with Gasteiger partial charge in [0.1, 0.15) is 0 Å². The van der Waals surface area contributed by atoms with Crippen LogP contribution in [-0.2, 0) is 38.4 Å². The van der Waals surface area contributed by atoms with E-state index in [1.54, 1.807) is 0 Å². The predicted octanol–water partition coefficient (Wildman–Crippen LogP) is 9.33. The molecule has 7 aromatic rings. The van der Waals surface area contributed by atoms with Crippen molar-refractivity contribution in [2.24, 2.45) is 5.41 Å². The number of carbonyl (C=O) groups excluding carboxylic acids is 2. The summed E-state index contributed by atoms with van der Waals surface area (Å²) in [6.07, 6.45) is 4.82. The Morgan fingerprint density at radius 3 is 1.72 bits per heavy atom. The van der Waals surface area contributed by atoms with Crippen LogP contribution in [0.3, 0.4) is 0 Å². The molecule has 0 spiro atoms. The normalized spacial score (nSPS) is 14.2. The molecule has 7 aromatic carbocycles. The number of methoxy groups -OCH3 is 2. The predicted molar refractivity (Wildman–Crippen MR) is 249 cm³/mol. The third kappa shape index (κ3) is 6.68. The maximum atomic E-state index is 13.8. The van der Waals surface area contributed by atoms with Crippen molar-refractivity contribution in [2.75, 3.05) is 23.6 Å². The maximum Gasteiger partial charge on any atom is 0.416 e. The van der Waals surface area contributed by atoms with Crippen molar-refractivity contribution >= 4 is 77.4 Å². The van der Waals surface area contributed by atoms with Crippen molar-refractivity contribution in [3.63, 3.8) is 0 Å². The van der Waals surface area contributed by atoms with Gasteiger partial charge in [-0.05, 0) is 86.4 Å². The first kappa shape index (κ1) is 39.1. The second kappa shape index (κ2) is 16.3. The molecule has 0 radical (unpaired) electrons. The van der Waals surface area contributed by atoms with E-state index >= 15 is 0 Å². The molecule has 296 valence electrons. The standard InChI is InChI=1S/C52H46BN2O4P/c1-36-43(32-31-38-19-9-5-10-20-38)49(37(2)45-34-52(33-44(36)45,50(56)58-3)51(57)59-4)53-54(35-39-21-11-6-12-22-39)46-29-17-23-40-24-18-30-47(48(40)46)55(53)60(41-25-13-7-14-26-41)42-27-15-8-16-28-42/h5-32H,33-35H2,1-4H3/b32-31+. The van der Waals surface area contributed by atoms with Crippen LogP contribution in [0.15, 0.2) is 158 Å². The van der Waals surface area contributed by atoms with Gasteiger partial charge in [-0.2, -0.15) is 0 Å². The topological polar surface area (TPSA) is 59.1 Å². The van der Waals surface area contributed by atoms with Crippen molar-refractivity contribution < 1.29 is 19.1 Å². The molecule has 60 heavy (non-hydrogen) atoms. The molecule has 0 unspecified atom stereocenters. The summed E-state index contributed by atoms with van der Waals surface area (Å²) in [6, 6.07) is 56.2. The molecule has 0 fully saturated rings. The van der Waals surface area contributed by atoms with Gasteiger partial charge in [-0.3, -0.25) is 9.59 Å². The zero-order valence-electron chi connectivity index (χ0n) is 34.3.